The summed E-state index contributed by atoms with van der Waals surface area (Å²) in [6, 6.07) is 5.49. The summed E-state index contributed by atoms with van der Waals surface area (Å²) >= 11 is 1.71. The molecule has 2 rings (SSSR count). The minimum atomic E-state index is 0.0367. The number of anilines is 2. The molecule has 1 aromatic carbocycles. The Morgan fingerprint density at radius 1 is 1.48 bits per heavy atom. The minimum absolute atomic E-state index is 0.0367. The lowest BCUT2D eigenvalue weighted by Gasteiger charge is -2.08. The number of nitrogen functional groups attached to an aromatic ring is 1. The zero-order chi connectivity index (χ0) is 15.2. The first-order valence-corrected chi connectivity index (χ1v) is 7.80. The predicted molar refractivity (Wildman–Crippen MR) is 87.4 cm³/mol. The van der Waals surface area contributed by atoms with Gasteiger partial charge < -0.3 is 11.1 Å². The fraction of sp³-hybridized carbons (Fsp3) is 0.333. The van der Waals surface area contributed by atoms with Gasteiger partial charge >= 0.3 is 0 Å². The summed E-state index contributed by atoms with van der Waals surface area (Å²) in [5.74, 6) is 0.939. The zero-order valence-corrected chi connectivity index (χ0v) is 13.1. The van der Waals surface area contributed by atoms with Crippen LogP contribution in [0.1, 0.15) is 18.4 Å². The number of benzene rings is 1. The van der Waals surface area contributed by atoms with Gasteiger partial charge in [-0.15, -0.1) is 11.8 Å². The highest BCUT2D eigenvalue weighted by molar-refractivity contribution is 7.99. The van der Waals surface area contributed by atoms with E-state index in [9.17, 15) is 4.79 Å². The minimum Gasteiger partial charge on any atom is -0.399 e. The second kappa shape index (κ2) is 7.17. The summed E-state index contributed by atoms with van der Waals surface area (Å²) in [6.07, 6.45) is 5.15. The number of carbonyl (C=O) groups excluding carboxylic acids is 1. The second-order valence-electron chi connectivity index (χ2n) is 4.92. The van der Waals surface area contributed by atoms with E-state index in [0.29, 0.717) is 12.1 Å². The smallest absolute Gasteiger partial charge is 0.224 e. The van der Waals surface area contributed by atoms with Gasteiger partial charge in [0, 0.05) is 35.9 Å². The number of nitrogens with two attached hydrogens (primary N) is 1. The topological polar surface area (TPSA) is 72.9 Å². The average molecular weight is 304 g/mol. The maximum absolute atomic E-state index is 11.9. The normalized spacial score (nSPS) is 10.6. The maximum atomic E-state index is 11.9. The monoisotopic (exact) mass is 304 g/mol. The molecule has 6 heteroatoms. The molecule has 0 unspecified atom stereocenters. The zero-order valence-electron chi connectivity index (χ0n) is 12.3. The molecular weight excluding hydrogens is 284 g/mol. The Balaban J connectivity index is 1.72. The molecule has 0 atom stereocenters. The number of hydrogen-bond donors (Lipinski definition) is 2. The Morgan fingerprint density at radius 2 is 2.29 bits per heavy atom. The number of aryl methyl sites for hydroxylation is 2. The van der Waals surface area contributed by atoms with Gasteiger partial charge in [-0.05, 0) is 42.9 Å². The molecule has 0 spiro atoms. The van der Waals surface area contributed by atoms with E-state index in [2.05, 4.69) is 10.4 Å². The van der Waals surface area contributed by atoms with Gasteiger partial charge in [0.05, 0.1) is 6.20 Å². The van der Waals surface area contributed by atoms with E-state index in [1.807, 2.05) is 38.5 Å². The molecule has 2 aromatic rings. The lowest BCUT2D eigenvalue weighted by molar-refractivity contribution is -0.116. The van der Waals surface area contributed by atoms with Crippen molar-refractivity contribution in [3.05, 3.63) is 36.2 Å². The summed E-state index contributed by atoms with van der Waals surface area (Å²) in [4.78, 5) is 13.0. The van der Waals surface area contributed by atoms with Gasteiger partial charge in [-0.1, -0.05) is 0 Å². The SMILES string of the molecule is Cc1cc(N)ccc1NC(=O)CCCSc1cnn(C)c1. The molecule has 112 valence electrons. The van der Waals surface area contributed by atoms with Crippen LogP contribution >= 0.6 is 11.8 Å². The van der Waals surface area contributed by atoms with Crippen LogP contribution in [0.4, 0.5) is 11.4 Å². The Hall–Kier alpha value is -1.95. The average Bonchev–Trinajstić information content (AvgIpc) is 2.84. The quantitative estimate of drug-likeness (QED) is 0.489. The van der Waals surface area contributed by atoms with Gasteiger partial charge in [0.15, 0.2) is 0 Å². The van der Waals surface area contributed by atoms with Crippen molar-refractivity contribution >= 4 is 29.0 Å². The van der Waals surface area contributed by atoms with Crippen molar-refractivity contribution < 1.29 is 4.79 Å². The van der Waals surface area contributed by atoms with Crippen LogP contribution in [0.5, 0.6) is 0 Å². The Morgan fingerprint density at radius 3 is 2.95 bits per heavy atom. The lowest BCUT2D eigenvalue weighted by Crippen LogP contribution is -2.12. The first-order chi connectivity index (χ1) is 10.0. The van der Waals surface area contributed by atoms with Gasteiger partial charge in [0.2, 0.25) is 5.91 Å². The van der Waals surface area contributed by atoms with E-state index >= 15 is 0 Å². The number of rotatable bonds is 6. The van der Waals surface area contributed by atoms with Crippen molar-refractivity contribution in [3.63, 3.8) is 0 Å². The summed E-state index contributed by atoms with van der Waals surface area (Å²) in [6.45, 7) is 1.93. The van der Waals surface area contributed by atoms with Crippen molar-refractivity contribution in [3.8, 4) is 0 Å². The van der Waals surface area contributed by atoms with Gasteiger partial charge in [0.25, 0.3) is 0 Å². The molecule has 0 fully saturated rings. The summed E-state index contributed by atoms with van der Waals surface area (Å²) in [5, 5.41) is 7.03. The molecule has 0 saturated heterocycles. The predicted octanol–water partition coefficient (Wildman–Crippen LogP) is 2.82. The number of nitrogens with zero attached hydrogens (tertiary/aromatic N) is 2. The maximum Gasteiger partial charge on any atom is 0.224 e. The van der Waals surface area contributed by atoms with E-state index < -0.39 is 0 Å². The number of amides is 1. The van der Waals surface area contributed by atoms with Crippen LogP contribution < -0.4 is 11.1 Å². The molecular formula is C15H20N4OS. The van der Waals surface area contributed by atoms with Crippen LogP contribution in [0.15, 0.2) is 35.5 Å². The molecule has 5 nitrogen and oxygen atoms in total. The van der Waals surface area contributed by atoms with E-state index in [1.54, 1.807) is 22.5 Å². The van der Waals surface area contributed by atoms with E-state index in [-0.39, 0.29) is 5.91 Å². The molecule has 3 N–H and O–H groups in total. The highest BCUT2D eigenvalue weighted by Gasteiger charge is 2.05. The first-order valence-electron chi connectivity index (χ1n) is 6.82. The van der Waals surface area contributed by atoms with E-state index in [4.69, 9.17) is 5.73 Å². The third-order valence-corrected chi connectivity index (χ3v) is 4.06. The molecule has 1 aromatic heterocycles. The second-order valence-corrected chi connectivity index (χ2v) is 6.09. The Labute approximate surface area is 128 Å². The Kier molecular flexibility index (Phi) is 5.27. The fourth-order valence-corrected chi connectivity index (χ4v) is 2.81. The van der Waals surface area contributed by atoms with Crippen LogP contribution in [0.2, 0.25) is 0 Å². The number of nitrogens with one attached hydrogen (secondary N) is 1. The van der Waals surface area contributed by atoms with Crippen LogP contribution in [0.3, 0.4) is 0 Å². The third-order valence-electron chi connectivity index (χ3n) is 3.02. The summed E-state index contributed by atoms with van der Waals surface area (Å²) in [5.41, 5.74) is 8.21. The lowest BCUT2D eigenvalue weighted by atomic mass is 10.1. The van der Waals surface area contributed by atoms with Crippen LogP contribution in [0, 0.1) is 6.92 Å². The van der Waals surface area contributed by atoms with Gasteiger partial charge in [0.1, 0.15) is 0 Å². The first kappa shape index (κ1) is 15.4. The van der Waals surface area contributed by atoms with Crippen molar-refractivity contribution in [1.82, 2.24) is 9.78 Å². The third kappa shape index (κ3) is 4.82. The standard InChI is InChI=1S/C15H20N4OS/c1-11-8-12(16)5-6-14(11)18-15(20)4-3-7-21-13-9-17-19(2)10-13/h5-6,8-10H,3-4,7,16H2,1-2H3,(H,18,20). The van der Waals surface area contributed by atoms with Crippen molar-refractivity contribution in [2.75, 3.05) is 16.8 Å². The van der Waals surface area contributed by atoms with Gasteiger partial charge in [-0.3, -0.25) is 9.48 Å². The van der Waals surface area contributed by atoms with E-state index in [1.165, 1.54) is 0 Å². The van der Waals surface area contributed by atoms with Crippen molar-refractivity contribution in [2.24, 2.45) is 7.05 Å². The molecule has 1 heterocycles. The molecule has 0 radical (unpaired) electrons. The highest BCUT2D eigenvalue weighted by atomic mass is 32.2. The highest BCUT2D eigenvalue weighted by Crippen LogP contribution is 2.20. The fourth-order valence-electron chi connectivity index (χ4n) is 1.94. The molecule has 0 bridgehead atoms. The van der Waals surface area contributed by atoms with E-state index in [0.717, 1.165) is 28.3 Å². The van der Waals surface area contributed by atoms with Gasteiger partial charge in [-0.25, -0.2) is 0 Å². The summed E-state index contributed by atoms with van der Waals surface area (Å²) < 4.78 is 1.78. The van der Waals surface area contributed by atoms with Crippen LogP contribution in [-0.4, -0.2) is 21.4 Å². The molecule has 0 aliphatic carbocycles. The molecule has 0 aliphatic rings. The molecule has 0 aliphatic heterocycles. The Bertz CT molecular complexity index is 624. The molecule has 0 saturated carbocycles. The van der Waals surface area contributed by atoms with Gasteiger partial charge in [-0.2, -0.15) is 5.10 Å². The van der Waals surface area contributed by atoms with Crippen molar-refractivity contribution in [1.29, 1.82) is 0 Å². The number of hydrogen-bond acceptors (Lipinski definition) is 4. The van der Waals surface area contributed by atoms with Crippen LogP contribution in [0.25, 0.3) is 0 Å². The van der Waals surface area contributed by atoms with Crippen LogP contribution in [-0.2, 0) is 11.8 Å². The number of carbonyl (C=O) groups is 1. The summed E-state index contributed by atoms with van der Waals surface area (Å²) in [7, 11) is 1.90. The number of aromatic nitrogens is 2. The van der Waals surface area contributed by atoms with Crippen molar-refractivity contribution in [2.45, 2.75) is 24.7 Å². The molecule has 1 amide bonds. The molecule has 21 heavy (non-hydrogen) atoms. The largest absolute Gasteiger partial charge is 0.399 e. The number of thioether (sulfide) groups is 1.